The normalized spacial score (nSPS) is 28.4. The third kappa shape index (κ3) is 3.28. The topological polar surface area (TPSA) is 32.3 Å². The molecular formula is C11H23NO. The van der Waals surface area contributed by atoms with Gasteiger partial charge in [0.25, 0.3) is 0 Å². The van der Waals surface area contributed by atoms with Gasteiger partial charge < -0.3 is 10.4 Å². The molecular weight excluding hydrogens is 162 g/mol. The lowest BCUT2D eigenvalue weighted by atomic mass is 9.89. The van der Waals surface area contributed by atoms with Gasteiger partial charge in [-0.3, -0.25) is 0 Å². The van der Waals surface area contributed by atoms with Crippen molar-refractivity contribution >= 4 is 0 Å². The van der Waals surface area contributed by atoms with E-state index in [0.29, 0.717) is 12.0 Å². The molecule has 1 aliphatic heterocycles. The Morgan fingerprint density at radius 3 is 2.77 bits per heavy atom. The molecule has 13 heavy (non-hydrogen) atoms. The first kappa shape index (κ1) is 11.0. The van der Waals surface area contributed by atoms with Gasteiger partial charge in [-0.1, -0.05) is 26.7 Å². The van der Waals surface area contributed by atoms with Gasteiger partial charge in [0.2, 0.25) is 0 Å². The van der Waals surface area contributed by atoms with E-state index < -0.39 is 0 Å². The summed E-state index contributed by atoms with van der Waals surface area (Å²) >= 11 is 0. The number of piperidine rings is 1. The SMILES string of the molecule is CCCC(C)C(O)C1CCCCN1. The molecule has 0 saturated carbocycles. The van der Waals surface area contributed by atoms with E-state index in [1.165, 1.54) is 19.3 Å². The van der Waals surface area contributed by atoms with Gasteiger partial charge in [-0.05, 0) is 31.7 Å². The monoisotopic (exact) mass is 185 g/mol. The van der Waals surface area contributed by atoms with E-state index in [-0.39, 0.29) is 6.10 Å². The highest BCUT2D eigenvalue weighted by molar-refractivity contribution is 4.82. The summed E-state index contributed by atoms with van der Waals surface area (Å²) in [4.78, 5) is 0. The Labute approximate surface area is 81.7 Å². The summed E-state index contributed by atoms with van der Waals surface area (Å²) in [7, 11) is 0. The quantitative estimate of drug-likeness (QED) is 0.701. The van der Waals surface area contributed by atoms with Crippen LogP contribution in [0.3, 0.4) is 0 Å². The molecule has 2 N–H and O–H groups in total. The second-order valence-electron chi connectivity index (χ2n) is 4.31. The molecule has 1 rings (SSSR count). The van der Waals surface area contributed by atoms with Crippen molar-refractivity contribution in [2.45, 2.75) is 58.1 Å². The molecule has 1 fully saturated rings. The molecule has 1 saturated heterocycles. The lowest BCUT2D eigenvalue weighted by Crippen LogP contribution is -2.45. The second-order valence-corrected chi connectivity index (χ2v) is 4.31. The lowest BCUT2D eigenvalue weighted by molar-refractivity contribution is 0.0613. The van der Waals surface area contributed by atoms with Gasteiger partial charge >= 0.3 is 0 Å². The standard InChI is InChI=1S/C11H23NO/c1-3-6-9(2)11(13)10-7-4-5-8-12-10/h9-13H,3-8H2,1-2H3. The van der Waals surface area contributed by atoms with E-state index in [9.17, 15) is 5.11 Å². The van der Waals surface area contributed by atoms with Crippen LogP contribution in [0.25, 0.3) is 0 Å². The summed E-state index contributed by atoms with van der Waals surface area (Å²) in [5, 5.41) is 13.4. The Morgan fingerprint density at radius 2 is 2.23 bits per heavy atom. The van der Waals surface area contributed by atoms with E-state index in [2.05, 4.69) is 19.2 Å². The Balaban J connectivity index is 2.31. The zero-order chi connectivity index (χ0) is 9.68. The van der Waals surface area contributed by atoms with Crippen molar-refractivity contribution in [1.29, 1.82) is 0 Å². The summed E-state index contributed by atoms with van der Waals surface area (Å²) < 4.78 is 0. The number of aliphatic hydroxyl groups is 1. The Bertz CT molecular complexity index is 132. The Hall–Kier alpha value is -0.0800. The fourth-order valence-corrected chi connectivity index (χ4v) is 2.19. The third-order valence-electron chi connectivity index (χ3n) is 3.09. The fraction of sp³-hybridized carbons (Fsp3) is 1.00. The number of hydrogen-bond donors (Lipinski definition) is 2. The Kier molecular flexibility index (Phi) is 4.74. The minimum absolute atomic E-state index is 0.139. The molecule has 0 aliphatic carbocycles. The second kappa shape index (κ2) is 5.61. The van der Waals surface area contributed by atoms with Crippen LogP contribution in [0.4, 0.5) is 0 Å². The highest BCUT2D eigenvalue weighted by atomic mass is 16.3. The van der Waals surface area contributed by atoms with Gasteiger partial charge in [0.15, 0.2) is 0 Å². The molecule has 0 aromatic heterocycles. The van der Waals surface area contributed by atoms with E-state index in [1.54, 1.807) is 0 Å². The third-order valence-corrected chi connectivity index (χ3v) is 3.09. The van der Waals surface area contributed by atoms with Crippen LogP contribution >= 0.6 is 0 Å². The minimum Gasteiger partial charge on any atom is -0.391 e. The van der Waals surface area contributed by atoms with Gasteiger partial charge in [-0.25, -0.2) is 0 Å². The minimum atomic E-state index is -0.139. The van der Waals surface area contributed by atoms with E-state index in [1.807, 2.05) is 0 Å². The molecule has 0 amide bonds. The predicted octanol–water partition coefficient (Wildman–Crippen LogP) is 1.93. The van der Waals surface area contributed by atoms with E-state index in [0.717, 1.165) is 19.4 Å². The summed E-state index contributed by atoms with van der Waals surface area (Å²) in [5.74, 6) is 0.445. The molecule has 3 atom stereocenters. The number of aliphatic hydroxyl groups excluding tert-OH is 1. The molecule has 2 nitrogen and oxygen atoms in total. The molecule has 3 unspecified atom stereocenters. The maximum atomic E-state index is 10.0. The average molecular weight is 185 g/mol. The van der Waals surface area contributed by atoms with Crippen LogP contribution in [0.2, 0.25) is 0 Å². The maximum Gasteiger partial charge on any atom is 0.0718 e. The zero-order valence-electron chi connectivity index (χ0n) is 8.92. The van der Waals surface area contributed by atoms with E-state index >= 15 is 0 Å². The first-order valence-corrected chi connectivity index (χ1v) is 5.67. The van der Waals surface area contributed by atoms with Gasteiger partial charge in [0.05, 0.1) is 6.10 Å². The highest BCUT2D eigenvalue weighted by Gasteiger charge is 2.25. The number of hydrogen-bond acceptors (Lipinski definition) is 2. The molecule has 0 aromatic rings. The molecule has 1 heterocycles. The van der Waals surface area contributed by atoms with E-state index in [4.69, 9.17) is 0 Å². The summed E-state index contributed by atoms with van der Waals surface area (Å²) in [6, 6.07) is 0.357. The van der Waals surface area contributed by atoms with Crippen LogP contribution in [0.1, 0.15) is 46.0 Å². The maximum absolute atomic E-state index is 10.0. The van der Waals surface area contributed by atoms with Crippen LogP contribution in [-0.4, -0.2) is 23.8 Å². The van der Waals surface area contributed by atoms with Crippen LogP contribution in [0, 0.1) is 5.92 Å². The summed E-state index contributed by atoms with van der Waals surface area (Å²) in [6.07, 6.45) is 5.86. The molecule has 0 bridgehead atoms. The van der Waals surface area contributed by atoms with Crippen molar-refractivity contribution < 1.29 is 5.11 Å². The van der Waals surface area contributed by atoms with Crippen LogP contribution in [0.15, 0.2) is 0 Å². The van der Waals surface area contributed by atoms with Crippen molar-refractivity contribution in [3.8, 4) is 0 Å². The van der Waals surface area contributed by atoms with Crippen molar-refractivity contribution in [3.63, 3.8) is 0 Å². The smallest absolute Gasteiger partial charge is 0.0718 e. The predicted molar refractivity (Wildman–Crippen MR) is 55.7 cm³/mol. The first-order chi connectivity index (χ1) is 6.25. The van der Waals surface area contributed by atoms with Crippen LogP contribution < -0.4 is 5.32 Å². The molecule has 1 aliphatic rings. The lowest BCUT2D eigenvalue weighted by Gasteiger charge is -2.31. The number of nitrogens with one attached hydrogen (secondary N) is 1. The Morgan fingerprint density at radius 1 is 1.46 bits per heavy atom. The first-order valence-electron chi connectivity index (χ1n) is 5.67. The highest BCUT2D eigenvalue weighted by Crippen LogP contribution is 2.19. The van der Waals surface area contributed by atoms with Crippen molar-refractivity contribution in [3.05, 3.63) is 0 Å². The molecule has 0 radical (unpaired) electrons. The van der Waals surface area contributed by atoms with Crippen LogP contribution in [-0.2, 0) is 0 Å². The zero-order valence-corrected chi connectivity index (χ0v) is 8.92. The van der Waals surface area contributed by atoms with Crippen LogP contribution in [0.5, 0.6) is 0 Å². The summed E-state index contributed by atoms with van der Waals surface area (Å²) in [6.45, 7) is 5.42. The number of rotatable bonds is 4. The average Bonchev–Trinajstić information content (AvgIpc) is 2.18. The van der Waals surface area contributed by atoms with Crippen molar-refractivity contribution in [1.82, 2.24) is 5.32 Å². The van der Waals surface area contributed by atoms with Crippen molar-refractivity contribution in [2.24, 2.45) is 5.92 Å². The molecule has 0 spiro atoms. The largest absolute Gasteiger partial charge is 0.391 e. The van der Waals surface area contributed by atoms with Gasteiger partial charge in [0.1, 0.15) is 0 Å². The van der Waals surface area contributed by atoms with Crippen molar-refractivity contribution in [2.75, 3.05) is 6.54 Å². The summed E-state index contributed by atoms with van der Waals surface area (Å²) in [5.41, 5.74) is 0. The van der Waals surface area contributed by atoms with Gasteiger partial charge in [-0.2, -0.15) is 0 Å². The molecule has 0 aromatic carbocycles. The van der Waals surface area contributed by atoms with Gasteiger partial charge in [-0.15, -0.1) is 0 Å². The van der Waals surface area contributed by atoms with Gasteiger partial charge in [0, 0.05) is 6.04 Å². The fourth-order valence-electron chi connectivity index (χ4n) is 2.19. The molecule has 2 heteroatoms. The molecule has 78 valence electrons.